The maximum atomic E-state index is 12.4. The molecule has 0 radical (unpaired) electrons. The molecule has 0 N–H and O–H groups in total. The van der Waals surface area contributed by atoms with Gasteiger partial charge in [0.2, 0.25) is 6.79 Å². The van der Waals surface area contributed by atoms with Gasteiger partial charge in [-0.2, -0.15) is 0 Å². The number of piperazine rings is 1. The normalized spacial score (nSPS) is 28.1. The van der Waals surface area contributed by atoms with Gasteiger partial charge in [-0.05, 0) is 49.8 Å². The second kappa shape index (κ2) is 11.1. The summed E-state index contributed by atoms with van der Waals surface area (Å²) in [4.78, 5) is 17.5. The number of hydrogen-bond donors (Lipinski definition) is 0. The van der Waals surface area contributed by atoms with Crippen molar-refractivity contribution in [2.45, 2.75) is 51.0 Å². The van der Waals surface area contributed by atoms with E-state index >= 15 is 0 Å². The third-order valence-electron chi connectivity index (χ3n) is 7.77. The van der Waals surface area contributed by atoms with Gasteiger partial charge < -0.3 is 23.8 Å². The van der Waals surface area contributed by atoms with E-state index in [9.17, 15) is 4.79 Å². The number of para-hydroxylation sites is 1. The molecule has 5 rings (SSSR count). The fraction of sp³-hybridized carbons (Fsp3) is 0.731. The number of nitrogens with zero attached hydrogens (tertiary/aromatic N) is 2. The lowest BCUT2D eigenvalue weighted by Gasteiger charge is -2.37. The molecule has 33 heavy (non-hydrogen) atoms. The number of hydrogen-bond acceptors (Lipinski definition) is 7. The summed E-state index contributed by atoms with van der Waals surface area (Å²) in [5.74, 6) is 3.50. The van der Waals surface area contributed by atoms with Crippen LogP contribution in [0.5, 0.6) is 11.5 Å². The van der Waals surface area contributed by atoms with Crippen molar-refractivity contribution in [2.75, 3.05) is 64.2 Å². The van der Waals surface area contributed by atoms with Crippen LogP contribution in [0, 0.1) is 11.8 Å². The Labute approximate surface area is 197 Å². The number of Topliss-reactive ketones (excluding diaryl/α,β-unsaturated/α-hetero) is 1. The average Bonchev–Trinajstić information content (AvgIpc) is 3.34. The number of anilines is 1. The standard InChI is InChI=1S/C26H38N2O5/c29-22(17-23-18-30-14-15-31-23)16-21-6-4-20(5-7-21)8-9-27-10-12-28(13-11-27)24-2-1-3-25-26(24)33-19-32-25/h1-3,20-21,23H,4-19H2/t20?,21?,23-/m1/s1. The van der Waals surface area contributed by atoms with Crippen LogP contribution in [0.4, 0.5) is 5.69 Å². The van der Waals surface area contributed by atoms with Crippen molar-refractivity contribution in [1.29, 1.82) is 0 Å². The molecule has 3 aliphatic heterocycles. The Hall–Kier alpha value is -1.83. The molecule has 3 heterocycles. The molecule has 1 aromatic carbocycles. The summed E-state index contributed by atoms with van der Waals surface area (Å²) in [6.45, 7) is 7.62. The molecular weight excluding hydrogens is 420 g/mol. The van der Waals surface area contributed by atoms with E-state index < -0.39 is 0 Å². The fourth-order valence-electron chi connectivity index (χ4n) is 5.78. The Balaban J connectivity index is 0.980. The Bertz CT molecular complexity index is 781. The Morgan fingerprint density at radius 1 is 0.939 bits per heavy atom. The summed E-state index contributed by atoms with van der Waals surface area (Å²) >= 11 is 0. The van der Waals surface area contributed by atoms with Gasteiger partial charge in [0.1, 0.15) is 5.78 Å². The molecule has 0 bridgehead atoms. The van der Waals surface area contributed by atoms with Crippen LogP contribution >= 0.6 is 0 Å². The molecular formula is C26H38N2O5. The lowest BCUT2D eigenvalue weighted by Crippen LogP contribution is -2.47. The highest BCUT2D eigenvalue weighted by atomic mass is 16.7. The molecule has 7 nitrogen and oxygen atoms in total. The number of ether oxygens (including phenoxy) is 4. The van der Waals surface area contributed by atoms with Gasteiger partial charge in [0.25, 0.3) is 0 Å². The van der Waals surface area contributed by atoms with Crippen molar-refractivity contribution in [3.63, 3.8) is 0 Å². The maximum Gasteiger partial charge on any atom is 0.231 e. The lowest BCUT2D eigenvalue weighted by molar-refractivity contribution is -0.130. The molecule has 7 heteroatoms. The van der Waals surface area contributed by atoms with Crippen molar-refractivity contribution >= 4 is 11.5 Å². The molecule has 0 aromatic heterocycles. The van der Waals surface area contributed by atoms with Gasteiger partial charge in [0.05, 0.1) is 31.6 Å². The van der Waals surface area contributed by atoms with E-state index in [1.807, 2.05) is 6.07 Å². The molecule has 2 saturated heterocycles. The van der Waals surface area contributed by atoms with Gasteiger partial charge >= 0.3 is 0 Å². The predicted octanol–water partition coefficient (Wildman–Crippen LogP) is 3.50. The minimum atomic E-state index is -0.0216. The van der Waals surface area contributed by atoms with Crippen LogP contribution in [-0.2, 0) is 14.3 Å². The topological polar surface area (TPSA) is 60.5 Å². The Kier molecular flexibility index (Phi) is 7.69. The van der Waals surface area contributed by atoms with Crippen molar-refractivity contribution in [1.82, 2.24) is 4.90 Å². The van der Waals surface area contributed by atoms with Crippen molar-refractivity contribution in [2.24, 2.45) is 11.8 Å². The Morgan fingerprint density at radius 2 is 1.76 bits per heavy atom. The zero-order valence-corrected chi connectivity index (χ0v) is 19.7. The molecule has 1 aromatic rings. The summed E-state index contributed by atoms with van der Waals surface area (Å²) in [6.07, 6.45) is 7.46. The van der Waals surface area contributed by atoms with E-state index in [0.29, 0.717) is 44.7 Å². The van der Waals surface area contributed by atoms with E-state index in [2.05, 4.69) is 21.9 Å². The number of carbonyl (C=O) groups excluding carboxylic acids is 1. The highest BCUT2D eigenvalue weighted by molar-refractivity contribution is 5.79. The molecule has 1 atom stereocenters. The smallest absolute Gasteiger partial charge is 0.231 e. The summed E-state index contributed by atoms with van der Waals surface area (Å²) in [6, 6.07) is 6.17. The first kappa shape index (κ1) is 22.9. The lowest BCUT2D eigenvalue weighted by atomic mass is 9.78. The number of rotatable bonds is 8. The number of carbonyl (C=O) groups is 1. The van der Waals surface area contributed by atoms with Crippen molar-refractivity contribution in [3.8, 4) is 11.5 Å². The second-order valence-electron chi connectivity index (χ2n) is 10.0. The maximum absolute atomic E-state index is 12.4. The zero-order chi connectivity index (χ0) is 22.5. The van der Waals surface area contributed by atoms with Gasteiger partial charge in [-0.15, -0.1) is 0 Å². The van der Waals surface area contributed by atoms with Crippen LogP contribution in [0.3, 0.4) is 0 Å². The third kappa shape index (κ3) is 6.00. The SMILES string of the molecule is O=C(CC1CCC(CCN2CCN(c3cccc4c3OCO4)CC2)CC1)C[C@@H]1COCCO1. The summed E-state index contributed by atoms with van der Waals surface area (Å²) < 4.78 is 22.3. The second-order valence-corrected chi connectivity index (χ2v) is 10.0. The van der Waals surface area contributed by atoms with Crippen LogP contribution in [0.1, 0.15) is 44.9 Å². The fourth-order valence-corrected chi connectivity index (χ4v) is 5.78. The monoisotopic (exact) mass is 458 g/mol. The van der Waals surface area contributed by atoms with Crippen LogP contribution in [0.2, 0.25) is 0 Å². The van der Waals surface area contributed by atoms with Crippen LogP contribution in [-0.4, -0.2) is 76.1 Å². The van der Waals surface area contributed by atoms with Gasteiger partial charge in [-0.3, -0.25) is 9.69 Å². The summed E-state index contributed by atoms with van der Waals surface area (Å²) in [7, 11) is 0. The van der Waals surface area contributed by atoms with Crippen molar-refractivity contribution in [3.05, 3.63) is 18.2 Å². The van der Waals surface area contributed by atoms with E-state index in [-0.39, 0.29) is 6.10 Å². The van der Waals surface area contributed by atoms with E-state index in [1.54, 1.807) is 0 Å². The third-order valence-corrected chi connectivity index (χ3v) is 7.77. The molecule has 1 aliphatic carbocycles. The molecule has 182 valence electrons. The van der Waals surface area contributed by atoms with Crippen LogP contribution in [0.15, 0.2) is 18.2 Å². The van der Waals surface area contributed by atoms with E-state index in [0.717, 1.165) is 50.0 Å². The van der Waals surface area contributed by atoms with E-state index in [4.69, 9.17) is 18.9 Å². The van der Waals surface area contributed by atoms with E-state index in [1.165, 1.54) is 44.3 Å². The molecule has 4 aliphatic rings. The van der Waals surface area contributed by atoms with Gasteiger partial charge in [-0.1, -0.05) is 18.9 Å². The highest BCUT2D eigenvalue weighted by Crippen LogP contribution is 2.41. The summed E-state index contributed by atoms with van der Waals surface area (Å²) in [5, 5.41) is 0. The number of fused-ring (bicyclic) bond motifs is 1. The Morgan fingerprint density at radius 3 is 2.55 bits per heavy atom. The molecule has 1 saturated carbocycles. The molecule has 0 unspecified atom stereocenters. The van der Waals surface area contributed by atoms with Crippen LogP contribution < -0.4 is 14.4 Å². The average molecular weight is 459 g/mol. The minimum Gasteiger partial charge on any atom is -0.454 e. The highest BCUT2D eigenvalue weighted by Gasteiger charge is 2.27. The summed E-state index contributed by atoms with van der Waals surface area (Å²) in [5.41, 5.74) is 1.17. The quantitative estimate of drug-likeness (QED) is 0.591. The molecule has 0 spiro atoms. The number of benzene rings is 1. The first-order chi connectivity index (χ1) is 16.2. The van der Waals surface area contributed by atoms with Gasteiger partial charge in [0.15, 0.2) is 11.5 Å². The zero-order valence-electron chi connectivity index (χ0n) is 19.7. The van der Waals surface area contributed by atoms with Crippen LogP contribution in [0.25, 0.3) is 0 Å². The molecule has 0 amide bonds. The predicted molar refractivity (Wildman–Crippen MR) is 126 cm³/mol. The minimum absolute atomic E-state index is 0.0216. The largest absolute Gasteiger partial charge is 0.454 e. The number of ketones is 1. The first-order valence-corrected chi connectivity index (χ1v) is 12.8. The molecule has 3 fully saturated rings. The van der Waals surface area contributed by atoms with Gasteiger partial charge in [-0.25, -0.2) is 0 Å². The van der Waals surface area contributed by atoms with Crippen molar-refractivity contribution < 1.29 is 23.7 Å². The van der Waals surface area contributed by atoms with Gasteiger partial charge in [0, 0.05) is 39.0 Å². The first-order valence-electron chi connectivity index (χ1n) is 12.8.